The first-order valence-corrected chi connectivity index (χ1v) is 9.99. The van der Waals surface area contributed by atoms with Crippen molar-refractivity contribution in [1.29, 1.82) is 0 Å². The van der Waals surface area contributed by atoms with Crippen LogP contribution in [0.5, 0.6) is 0 Å². The predicted molar refractivity (Wildman–Crippen MR) is 98.9 cm³/mol. The van der Waals surface area contributed by atoms with Crippen LogP contribution in [0.3, 0.4) is 0 Å². The molecule has 1 saturated carbocycles. The van der Waals surface area contributed by atoms with Crippen molar-refractivity contribution in [1.82, 2.24) is 15.5 Å². The highest BCUT2D eigenvalue weighted by molar-refractivity contribution is 7.99. The molecule has 5 heteroatoms. The molecule has 4 nitrogen and oxygen atoms in total. The lowest BCUT2D eigenvalue weighted by molar-refractivity contribution is 0.275. The van der Waals surface area contributed by atoms with E-state index in [4.69, 9.17) is 0 Å². The first-order valence-electron chi connectivity index (χ1n) is 8.77. The van der Waals surface area contributed by atoms with Crippen LogP contribution in [0.25, 0.3) is 0 Å². The minimum absolute atomic E-state index is 0.238. The van der Waals surface area contributed by atoms with Gasteiger partial charge >= 0.3 is 0 Å². The van der Waals surface area contributed by atoms with E-state index in [-0.39, 0.29) is 4.75 Å². The molecule has 2 N–H and O–H groups in total. The summed E-state index contributed by atoms with van der Waals surface area (Å²) in [5, 5.41) is 7.08. The quantitative estimate of drug-likeness (QED) is 0.581. The van der Waals surface area contributed by atoms with Crippen molar-refractivity contribution in [3.63, 3.8) is 0 Å². The van der Waals surface area contributed by atoms with Crippen molar-refractivity contribution in [3.05, 3.63) is 0 Å². The number of aliphatic imine (C=N–C) groups is 1. The number of thioether (sulfide) groups is 1. The minimum atomic E-state index is 0.238. The summed E-state index contributed by atoms with van der Waals surface area (Å²) in [6, 6.07) is 0.546. The molecule has 1 unspecified atom stereocenters. The molecule has 0 spiro atoms. The zero-order valence-electron chi connectivity index (χ0n) is 14.8. The zero-order chi connectivity index (χ0) is 16.0. The summed E-state index contributed by atoms with van der Waals surface area (Å²) in [6.07, 6.45) is 9.18. The molecule has 0 amide bonds. The summed E-state index contributed by atoms with van der Waals surface area (Å²) in [5.41, 5.74) is 0. The lowest BCUT2D eigenvalue weighted by Gasteiger charge is -2.25. The third kappa shape index (κ3) is 5.65. The summed E-state index contributed by atoms with van der Waals surface area (Å²) < 4.78 is 0.238. The first-order chi connectivity index (χ1) is 10.5. The van der Waals surface area contributed by atoms with Gasteiger partial charge in [0, 0.05) is 44.0 Å². The molecule has 1 aliphatic carbocycles. The molecule has 2 rings (SSSR count). The first kappa shape index (κ1) is 17.9. The summed E-state index contributed by atoms with van der Waals surface area (Å²) in [6.45, 7) is 9.17. The molecule has 1 atom stereocenters. The van der Waals surface area contributed by atoms with Crippen LogP contribution in [0, 0.1) is 5.92 Å². The van der Waals surface area contributed by atoms with E-state index >= 15 is 0 Å². The fourth-order valence-corrected chi connectivity index (χ4v) is 3.65. The molecule has 1 heterocycles. The van der Waals surface area contributed by atoms with Crippen molar-refractivity contribution < 1.29 is 0 Å². The van der Waals surface area contributed by atoms with Crippen LogP contribution < -0.4 is 10.6 Å². The van der Waals surface area contributed by atoms with Gasteiger partial charge in [-0.3, -0.25) is 4.99 Å². The largest absolute Gasteiger partial charge is 0.355 e. The van der Waals surface area contributed by atoms with E-state index in [0.29, 0.717) is 6.04 Å². The van der Waals surface area contributed by atoms with Gasteiger partial charge in [-0.05, 0) is 45.3 Å². The summed E-state index contributed by atoms with van der Waals surface area (Å²) in [4.78, 5) is 7.03. The molecule has 0 aromatic rings. The second kappa shape index (κ2) is 8.44. The molecule has 0 bridgehead atoms. The average molecular weight is 327 g/mol. The van der Waals surface area contributed by atoms with Crippen LogP contribution in [-0.2, 0) is 0 Å². The van der Waals surface area contributed by atoms with Gasteiger partial charge in [0.25, 0.3) is 0 Å². The van der Waals surface area contributed by atoms with Crippen LogP contribution >= 0.6 is 11.8 Å². The molecule has 22 heavy (non-hydrogen) atoms. The molecule has 0 aromatic carbocycles. The second-order valence-electron chi connectivity index (χ2n) is 7.43. The van der Waals surface area contributed by atoms with Gasteiger partial charge in [0.1, 0.15) is 0 Å². The number of hydrogen-bond donors (Lipinski definition) is 2. The number of likely N-dealkylation sites (tertiary alicyclic amines) is 1. The third-order valence-corrected chi connectivity index (χ3v) is 6.31. The van der Waals surface area contributed by atoms with Gasteiger partial charge in [-0.15, -0.1) is 0 Å². The van der Waals surface area contributed by atoms with Gasteiger partial charge in [-0.2, -0.15) is 11.8 Å². The highest BCUT2D eigenvalue weighted by Gasteiger charge is 2.26. The van der Waals surface area contributed by atoms with E-state index < -0.39 is 0 Å². The summed E-state index contributed by atoms with van der Waals surface area (Å²) in [5.74, 6) is 1.91. The lowest BCUT2D eigenvalue weighted by atomic mass is 10.1. The fourth-order valence-electron chi connectivity index (χ4n) is 3.43. The maximum Gasteiger partial charge on any atom is 0.191 e. The molecule has 0 radical (unpaired) electrons. The van der Waals surface area contributed by atoms with Crippen LogP contribution in [-0.4, -0.2) is 61.1 Å². The molecule has 1 aliphatic heterocycles. The Labute approximate surface area is 140 Å². The molecule has 2 fully saturated rings. The molecule has 1 saturated heterocycles. The van der Waals surface area contributed by atoms with E-state index in [1.165, 1.54) is 51.7 Å². The minimum Gasteiger partial charge on any atom is -0.355 e. The highest BCUT2D eigenvalue weighted by atomic mass is 32.2. The van der Waals surface area contributed by atoms with Gasteiger partial charge < -0.3 is 15.5 Å². The van der Waals surface area contributed by atoms with E-state index in [0.717, 1.165) is 18.4 Å². The Kier molecular flexibility index (Phi) is 6.87. The van der Waals surface area contributed by atoms with E-state index in [9.17, 15) is 0 Å². The average Bonchev–Trinajstić information content (AvgIpc) is 3.16. The van der Waals surface area contributed by atoms with Gasteiger partial charge in [0.15, 0.2) is 5.96 Å². The maximum absolute atomic E-state index is 4.38. The smallest absolute Gasteiger partial charge is 0.191 e. The van der Waals surface area contributed by atoms with Crippen LogP contribution in [0.1, 0.15) is 46.0 Å². The van der Waals surface area contributed by atoms with Crippen molar-refractivity contribution in [2.75, 3.05) is 39.5 Å². The number of guanidine groups is 1. The maximum atomic E-state index is 4.38. The number of rotatable bonds is 6. The summed E-state index contributed by atoms with van der Waals surface area (Å²) in [7, 11) is 1.87. The van der Waals surface area contributed by atoms with Gasteiger partial charge in [-0.25, -0.2) is 0 Å². The fraction of sp³-hybridized carbons (Fsp3) is 0.941. The molecule has 0 aromatic heterocycles. The van der Waals surface area contributed by atoms with Gasteiger partial charge in [0.2, 0.25) is 0 Å². The van der Waals surface area contributed by atoms with Crippen molar-refractivity contribution in [3.8, 4) is 0 Å². The summed E-state index contributed by atoms with van der Waals surface area (Å²) >= 11 is 1.89. The Bertz CT molecular complexity index is 364. The molecule has 2 aliphatic rings. The second-order valence-corrected chi connectivity index (χ2v) is 8.94. The third-order valence-electron chi connectivity index (χ3n) is 5.06. The topological polar surface area (TPSA) is 39.7 Å². The van der Waals surface area contributed by atoms with E-state index in [2.05, 4.69) is 40.6 Å². The zero-order valence-corrected chi connectivity index (χ0v) is 15.6. The monoisotopic (exact) mass is 326 g/mol. The molecular weight excluding hydrogens is 292 g/mol. The SMILES string of the molecule is CN=C(NCC(C)(C)SC)NC1CCN(CC2CCCC2)C1. The Morgan fingerprint density at radius 2 is 2.00 bits per heavy atom. The van der Waals surface area contributed by atoms with Crippen LogP contribution in [0.2, 0.25) is 0 Å². The Hall–Kier alpha value is -0.420. The van der Waals surface area contributed by atoms with Crippen molar-refractivity contribution in [2.24, 2.45) is 10.9 Å². The Morgan fingerprint density at radius 3 is 2.64 bits per heavy atom. The van der Waals surface area contributed by atoms with Gasteiger partial charge in [-0.1, -0.05) is 12.8 Å². The van der Waals surface area contributed by atoms with Gasteiger partial charge in [0.05, 0.1) is 0 Å². The predicted octanol–water partition coefficient (Wildman–Crippen LogP) is 2.56. The number of nitrogens with one attached hydrogen (secondary N) is 2. The van der Waals surface area contributed by atoms with E-state index in [1.807, 2.05) is 18.8 Å². The lowest BCUT2D eigenvalue weighted by Crippen LogP contribution is -2.47. The Morgan fingerprint density at radius 1 is 1.27 bits per heavy atom. The normalized spacial score (nSPS) is 24.9. The molecular formula is C17H34N4S. The molecule has 128 valence electrons. The standard InChI is InChI=1S/C17H34N4S/c1-17(2,22-4)13-19-16(18-3)20-15-9-10-21(12-15)11-14-7-5-6-8-14/h14-15H,5-13H2,1-4H3,(H2,18,19,20). The number of hydrogen-bond acceptors (Lipinski definition) is 3. The number of nitrogens with zero attached hydrogens (tertiary/aromatic N) is 2. The van der Waals surface area contributed by atoms with Crippen molar-refractivity contribution in [2.45, 2.75) is 56.7 Å². The van der Waals surface area contributed by atoms with Crippen LogP contribution in [0.4, 0.5) is 0 Å². The van der Waals surface area contributed by atoms with Crippen LogP contribution in [0.15, 0.2) is 4.99 Å². The highest BCUT2D eigenvalue weighted by Crippen LogP contribution is 2.26. The van der Waals surface area contributed by atoms with E-state index in [1.54, 1.807) is 0 Å². The Balaban J connectivity index is 1.71. The van der Waals surface area contributed by atoms with Crippen molar-refractivity contribution >= 4 is 17.7 Å².